The number of alkyl halides is 4. The van der Waals surface area contributed by atoms with Gasteiger partial charge in [0.15, 0.2) is 0 Å². The molecule has 27 heavy (non-hydrogen) atoms. The molecule has 8 heteroatoms. The second-order valence-corrected chi connectivity index (χ2v) is 8.30. The van der Waals surface area contributed by atoms with E-state index in [2.05, 4.69) is 20.7 Å². The summed E-state index contributed by atoms with van der Waals surface area (Å²) in [5.41, 5.74) is 1.53. The first-order chi connectivity index (χ1) is 12.5. The Morgan fingerprint density at radius 2 is 1.85 bits per heavy atom. The van der Waals surface area contributed by atoms with Crippen molar-refractivity contribution in [2.45, 2.75) is 30.5 Å². The van der Waals surface area contributed by atoms with Crippen LogP contribution in [-0.2, 0) is 10.2 Å². The summed E-state index contributed by atoms with van der Waals surface area (Å²) in [4.78, 5) is 13.9. The molecule has 1 unspecified atom stereocenters. The van der Waals surface area contributed by atoms with Gasteiger partial charge in [-0.25, -0.2) is 0 Å². The molecule has 1 amide bonds. The molecule has 1 aliphatic rings. The molecule has 2 aromatic rings. The third kappa shape index (κ3) is 4.24. The summed E-state index contributed by atoms with van der Waals surface area (Å²) in [6.07, 6.45) is -4.79. The predicted octanol–water partition coefficient (Wildman–Crippen LogP) is 6.00. The molecule has 0 fully saturated rings. The molecular formula is C19H16BrClF3NO2. The zero-order chi connectivity index (χ0) is 20.0. The number of hydrogen-bond donors (Lipinski definition) is 0. The number of amides is 1. The Morgan fingerprint density at radius 1 is 1.22 bits per heavy atom. The van der Waals surface area contributed by atoms with Gasteiger partial charge in [-0.15, -0.1) is 13.2 Å². The summed E-state index contributed by atoms with van der Waals surface area (Å²) in [6.45, 7) is 4.23. The second kappa shape index (κ2) is 7.02. The first-order valence-electron chi connectivity index (χ1n) is 8.09. The van der Waals surface area contributed by atoms with Gasteiger partial charge in [0.1, 0.15) is 10.6 Å². The van der Waals surface area contributed by atoms with Crippen molar-refractivity contribution in [3.8, 4) is 5.75 Å². The van der Waals surface area contributed by atoms with Crippen molar-refractivity contribution in [3.63, 3.8) is 0 Å². The lowest BCUT2D eigenvalue weighted by atomic mass is 9.87. The van der Waals surface area contributed by atoms with Crippen molar-refractivity contribution in [1.29, 1.82) is 0 Å². The normalized spacial score (nSPS) is 16.8. The fraction of sp³-hybridized carbons (Fsp3) is 0.316. The van der Waals surface area contributed by atoms with Crippen molar-refractivity contribution in [2.75, 3.05) is 11.4 Å². The zero-order valence-corrected chi connectivity index (χ0v) is 16.8. The maximum absolute atomic E-state index is 13.1. The maximum atomic E-state index is 13.1. The Morgan fingerprint density at radius 3 is 2.44 bits per heavy atom. The van der Waals surface area contributed by atoms with Crippen LogP contribution in [0.1, 0.15) is 29.8 Å². The first kappa shape index (κ1) is 20.0. The molecule has 0 aliphatic carbocycles. The Bertz CT molecular complexity index is 868. The monoisotopic (exact) mass is 461 g/mol. The molecular weight excluding hydrogens is 447 g/mol. The zero-order valence-electron chi connectivity index (χ0n) is 14.5. The molecule has 0 aromatic heterocycles. The number of carbonyl (C=O) groups excluding carboxylic acids is 1. The summed E-state index contributed by atoms with van der Waals surface area (Å²) in [6, 6.07) is 10.9. The average molecular weight is 463 g/mol. The van der Waals surface area contributed by atoms with E-state index in [4.69, 9.17) is 11.6 Å². The Kier molecular flexibility index (Phi) is 5.20. The highest BCUT2D eigenvalue weighted by Crippen LogP contribution is 2.44. The highest BCUT2D eigenvalue weighted by atomic mass is 79.9. The Balaban J connectivity index is 1.94. The molecule has 144 valence electrons. The summed E-state index contributed by atoms with van der Waals surface area (Å²) < 4.78 is 41.7. The Labute approximate surface area is 168 Å². The van der Waals surface area contributed by atoms with Gasteiger partial charge in [-0.3, -0.25) is 4.79 Å². The predicted molar refractivity (Wildman–Crippen MR) is 102 cm³/mol. The van der Waals surface area contributed by atoms with Crippen LogP contribution in [0.4, 0.5) is 18.9 Å². The Hall–Kier alpha value is -1.73. The van der Waals surface area contributed by atoms with Crippen molar-refractivity contribution in [2.24, 2.45) is 0 Å². The smallest absolute Gasteiger partial charge is 0.406 e. The standard InChI is InChI=1S/C19H16BrClF3NO2/c1-18(2)10-25(17(26)16(20)11-3-5-12(21)6-4-11)15-9-13(7-8-14(15)18)27-19(22,23)24/h3-9,16H,10H2,1-2H3. The minimum Gasteiger partial charge on any atom is -0.406 e. The van der Waals surface area contributed by atoms with E-state index in [0.29, 0.717) is 22.8 Å². The highest BCUT2D eigenvalue weighted by molar-refractivity contribution is 9.09. The second-order valence-electron chi connectivity index (χ2n) is 6.95. The van der Waals surface area contributed by atoms with Crippen LogP contribution >= 0.6 is 27.5 Å². The van der Waals surface area contributed by atoms with Crippen molar-refractivity contribution in [1.82, 2.24) is 0 Å². The van der Waals surface area contributed by atoms with E-state index >= 15 is 0 Å². The van der Waals surface area contributed by atoms with E-state index in [1.807, 2.05) is 13.8 Å². The van der Waals surface area contributed by atoms with Crippen LogP contribution in [0, 0.1) is 0 Å². The fourth-order valence-electron chi connectivity index (χ4n) is 3.18. The summed E-state index contributed by atoms with van der Waals surface area (Å²) in [5.74, 6) is -0.623. The van der Waals surface area contributed by atoms with Gasteiger partial charge in [0.2, 0.25) is 5.91 Å². The van der Waals surface area contributed by atoms with Gasteiger partial charge in [-0.05, 0) is 29.3 Å². The van der Waals surface area contributed by atoms with Crippen LogP contribution in [-0.4, -0.2) is 18.8 Å². The molecule has 1 atom stereocenters. The van der Waals surface area contributed by atoms with Gasteiger partial charge in [0, 0.05) is 23.0 Å². The van der Waals surface area contributed by atoms with Crippen LogP contribution in [0.3, 0.4) is 0 Å². The molecule has 0 bridgehead atoms. The quantitative estimate of drug-likeness (QED) is 0.524. The number of halogens is 5. The van der Waals surface area contributed by atoms with Crippen molar-refractivity contribution >= 4 is 39.1 Å². The summed E-state index contributed by atoms with van der Waals surface area (Å²) in [7, 11) is 0. The lowest BCUT2D eigenvalue weighted by Gasteiger charge is -2.23. The van der Waals surface area contributed by atoms with E-state index in [9.17, 15) is 18.0 Å². The lowest BCUT2D eigenvalue weighted by molar-refractivity contribution is -0.274. The van der Waals surface area contributed by atoms with E-state index in [1.54, 1.807) is 30.3 Å². The number of carbonyl (C=O) groups is 1. The number of nitrogens with zero attached hydrogens (tertiary/aromatic N) is 1. The number of hydrogen-bond acceptors (Lipinski definition) is 2. The van der Waals surface area contributed by atoms with E-state index < -0.39 is 16.6 Å². The number of benzene rings is 2. The molecule has 0 N–H and O–H groups in total. The molecule has 1 aliphatic heterocycles. The van der Waals surface area contributed by atoms with Crippen LogP contribution in [0.25, 0.3) is 0 Å². The van der Waals surface area contributed by atoms with E-state index in [0.717, 1.165) is 5.56 Å². The molecule has 1 heterocycles. The fourth-order valence-corrected chi connectivity index (χ4v) is 3.86. The van der Waals surface area contributed by atoms with Crippen LogP contribution in [0.2, 0.25) is 5.02 Å². The lowest BCUT2D eigenvalue weighted by Crippen LogP contribution is -2.35. The molecule has 3 rings (SSSR count). The third-order valence-electron chi connectivity index (χ3n) is 4.42. The molecule has 3 nitrogen and oxygen atoms in total. The van der Waals surface area contributed by atoms with Crippen LogP contribution in [0.15, 0.2) is 42.5 Å². The van der Waals surface area contributed by atoms with Gasteiger partial charge in [0.25, 0.3) is 0 Å². The van der Waals surface area contributed by atoms with Crippen molar-refractivity contribution in [3.05, 3.63) is 58.6 Å². The van der Waals surface area contributed by atoms with E-state index in [-0.39, 0.29) is 11.7 Å². The molecule has 0 radical (unpaired) electrons. The van der Waals surface area contributed by atoms with Gasteiger partial charge in [0.05, 0.1) is 5.69 Å². The number of rotatable bonds is 3. The highest BCUT2D eigenvalue weighted by Gasteiger charge is 2.41. The summed E-state index contributed by atoms with van der Waals surface area (Å²) >= 11 is 9.28. The van der Waals surface area contributed by atoms with Gasteiger partial charge >= 0.3 is 6.36 Å². The summed E-state index contributed by atoms with van der Waals surface area (Å²) in [5, 5.41) is 0.549. The molecule has 2 aromatic carbocycles. The van der Waals surface area contributed by atoms with Crippen LogP contribution < -0.4 is 9.64 Å². The molecule has 0 spiro atoms. The average Bonchev–Trinajstić information content (AvgIpc) is 2.83. The first-order valence-corrected chi connectivity index (χ1v) is 9.38. The van der Waals surface area contributed by atoms with Gasteiger partial charge < -0.3 is 9.64 Å². The topological polar surface area (TPSA) is 29.5 Å². The van der Waals surface area contributed by atoms with Crippen LogP contribution in [0.5, 0.6) is 5.75 Å². The molecule has 0 saturated heterocycles. The minimum atomic E-state index is -4.79. The SMILES string of the molecule is CC1(C)CN(C(=O)C(Br)c2ccc(Cl)cc2)c2cc(OC(F)(F)F)ccc21. The van der Waals surface area contributed by atoms with Gasteiger partial charge in [-0.1, -0.05) is 59.6 Å². The largest absolute Gasteiger partial charge is 0.573 e. The third-order valence-corrected chi connectivity index (χ3v) is 5.59. The van der Waals surface area contributed by atoms with Gasteiger partial charge in [-0.2, -0.15) is 0 Å². The number of anilines is 1. The minimum absolute atomic E-state index is 0.270. The number of fused-ring (bicyclic) bond motifs is 1. The molecule has 0 saturated carbocycles. The maximum Gasteiger partial charge on any atom is 0.573 e. The number of ether oxygens (including phenoxy) is 1. The van der Waals surface area contributed by atoms with E-state index in [1.165, 1.54) is 17.0 Å². The van der Waals surface area contributed by atoms with Crippen molar-refractivity contribution < 1.29 is 22.7 Å².